The molecule has 0 aliphatic heterocycles. The minimum atomic E-state index is -0.349. The fourth-order valence-electron chi connectivity index (χ4n) is 2.95. The Morgan fingerprint density at radius 2 is 2.00 bits per heavy atom. The van der Waals surface area contributed by atoms with Gasteiger partial charge in [-0.25, -0.2) is 9.67 Å². The molecule has 0 spiro atoms. The molecule has 0 unspecified atom stereocenters. The van der Waals surface area contributed by atoms with Crippen molar-refractivity contribution in [1.82, 2.24) is 24.5 Å². The Hall–Kier alpha value is -3.55. The monoisotopic (exact) mass is 348 g/mol. The van der Waals surface area contributed by atoms with Gasteiger partial charge in [0, 0.05) is 17.8 Å². The van der Waals surface area contributed by atoms with Crippen molar-refractivity contribution < 1.29 is 4.79 Å². The van der Waals surface area contributed by atoms with Crippen molar-refractivity contribution >= 4 is 33.4 Å². The molecule has 130 valence electrons. The predicted octanol–water partition coefficient (Wildman–Crippen LogP) is 1.63. The molecular weight excluding hydrogens is 332 g/mol. The molecule has 4 rings (SSSR count). The van der Waals surface area contributed by atoms with Crippen LogP contribution in [0.15, 0.2) is 47.5 Å². The van der Waals surface area contributed by atoms with E-state index in [1.165, 1.54) is 0 Å². The van der Waals surface area contributed by atoms with Crippen LogP contribution in [0.25, 0.3) is 21.8 Å². The SMILES string of the molecule is Cc1nn(C)c2ncc(NC(=O)Cn3ncc4ccccc4c3=O)cc12. The summed E-state index contributed by atoms with van der Waals surface area (Å²) in [4.78, 5) is 29.1. The van der Waals surface area contributed by atoms with E-state index in [0.717, 1.165) is 26.8 Å². The Morgan fingerprint density at radius 3 is 2.85 bits per heavy atom. The molecule has 8 heteroatoms. The van der Waals surface area contributed by atoms with Crippen LogP contribution in [0.4, 0.5) is 5.69 Å². The van der Waals surface area contributed by atoms with Crippen LogP contribution in [-0.2, 0) is 18.4 Å². The number of carbonyl (C=O) groups excluding carboxylic acids is 1. The van der Waals surface area contributed by atoms with Crippen molar-refractivity contribution in [2.24, 2.45) is 7.05 Å². The normalized spacial score (nSPS) is 11.2. The van der Waals surface area contributed by atoms with E-state index in [1.54, 1.807) is 29.2 Å². The Bertz CT molecular complexity index is 1210. The van der Waals surface area contributed by atoms with Gasteiger partial charge in [0.15, 0.2) is 5.65 Å². The molecule has 3 aromatic heterocycles. The fourth-order valence-corrected chi connectivity index (χ4v) is 2.95. The molecule has 8 nitrogen and oxygen atoms in total. The van der Waals surface area contributed by atoms with Gasteiger partial charge in [0.2, 0.25) is 5.91 Å². The van der Waals surface area contributed by atoms with Crippen molar-refractivity contribution in [2.45, 2.75) is 13.5 Å². The number of benzene rings is 1. The molecule has 0 aliphatic rings. The van der Waals surface area contributed by atoms with Gasteiger partial charge in [-0.1, -0.05) is 18.2 Å². The number of anilines is 1. The summed E-state index contributed by atoms with van der Waals surface area (Å²) in [6.45, 7) is 1.71. The molecular formula is C18H16N6O2. The van der Waals surface area contributed by atoms with Crippen LogP contribution >= 0.6 is 0 Å². The molecule has 0 saturated carbocycles. The van der Waals surface area contributed by atoms with Gasteiger partial charge >= 0.3 is 0 Å². The Kier molecular flexibility index (Phi) is 3.72. The number of hydrogen-bond acceptors (Lipinski definition) is 5. The van der Waals surface area contributed by atoms with Gasteiger partial charge in [0.05, 0.1) is 29.2 Å². The first kappa shape index (κ1) is 15.9. The van der Waals surface area contributed by atoms with Crippen molar-refractivity contribution in [2.75, 3.05) is 5.32 Å². The summed E-state index contributed by atoms with van der Waals surface area (Å²) in [5.41, 5.74) is 1.83. The standard InChI is InChI=1S/C18H16N6O2/c1-11-15-7-13(9-19-17(15)23(2)22-11)21-16(25)10-24-18(26)14-6-4-3-5-12(14)8-20-24/h3-9H,10H2,1-2H3,(H,21,25). The van der Waals surface area contributed by atoms with E-state index < -0.39 is 0 Å². The maximum atomic E-state index is 12.4. The number of carbonyl (C=O) groups is 1. The largest absolute Gasteiger partial charge is 0.323 e. The summed E-state index contributed by atoms with van der Waals surface area (Å²) in [6, 6.07) is 8.97. The molecule has 26 heavy (non-hydrogen) atoms. The van der Waals surface area contributed by atoms with E-state index >= 15 is 0 Å². The second-order valence-corrected chi connectivity index (χ2v) is 6.05. The average molecular weight is 348 g/mol. The smallest absolute Gasteiger partial charge is 0.275 e. The van der Waals surface area contributed by atoms with E-state index in [-0.39, 0.29) is 18.0 Å². The van der Waals surface area contributed by atoms with Crippen LogP contribution in [0, 0.1) is 6.92 Å². The number of hydrogen-bond donors (Lipinski definition) is 1. The molecule has 0 saturated heterocycles. The summed E-state index contributed by atoms with van der Waals surface area (Å²) in [5, 5.41) is 13.3. The first-order chi connectivity index (χ1) is 12.5. The molecule has 1 aromatic carbocycles. The molecule has 0 bridgehead atoms. The van der Waals surface area contributed by atoms with Crippen LogP contribution in [0.2, 0.25) is 0 Å². The first-order valence-corrected chi connectivity index (χ1v) is 8.07. The zero-order valence-corrected chi connectivity index (χ0v) is 14.3. The van der Waals surface area contributed by atoms with Gasteiger partial charge in [-0.2, -0.15) is 10.2 Å². The lowest BCUT2D eigenvalue weighted by Crippen LogP contribution is -2.29. The quantitative estimate of drug-likeness (QED) is 0.607. The van der Waals surface area contributed by atoms with Crippen molar-refractivity contribution in [3.8, 4) is 0 Å². The van der Waals surface area contributed by atoms with Gasteiger partial charge in [0.1, 0.15) is 6.54 Å². The zero-order chi connectivity index (χ0) is 18.3. The number of aryl methyl sites for hydroxylation is 2. The van der Waals surface area contributed by atoms with Crippen molar-refractivity contribution in [1.29, 1.82) is 0 Å². The molecule has 0 atom stereocenters. The van der Waals surface area contributed by atoms with E-state index in [9.17, 15) is 9.59 Å². The van der Waals surface area contributed by atoms with Crippen LogP contribution < -0.4 is 10.9 Å². The molecule has 3 heterocycles. The van der Waals surface area contributed by atoms with Gasteiger partial charge in [-0.15, -0.1) is 0 Å². The summed E-state index contributed by atoms with van der Waals surface area (Å²) >= 11 is 0. The van der Waals surface area contributed by atoms with E-state index in [2.05, 4.69) is 20.5 Å². The highest BCUT2D eigenvalue weighted by Crippen LogP contribution is 2.19. The second-order valence-electron chi connectivity index (χ2n) is 6.05. The Balaban J connectivity index is 1.58. The van der Waals surface area contributed by atoms with E-state index in [4.69, 9.17) is 0 Å². The number of rotatable bonds is 3. The lowest BCUT2D eigenvalue weighted by Gasteiger charge is -2.07. The summed E-state index contributed by atoms with van der Waals surface area (Å²) in [7, 11) is 1.82. The minimum absolute atomic E-state index is 0.173. The lowest BCUT2D eigenvalue weighted by atomic mass is 10.2. The van der Waals surface area contributed by atoms with Crippen LogP contribution in [-0.4, -0.2) is 30.5 Å². The highest BCUT2D eigenvalue weighted by molar-refractivity contribution is 5.93. The Morgan fingerprint density at radius 1 is 1.19 bits per heavy atom. The number of fused-ring (bicyclic) bond motifs is 2. The molecule has 1 N–H and O–H groups in total. The Labute approximate surface area is 148 Å². The molecule has 0 radical (unpaired) electrons. The third-order valence-electron chi connectivity index (χ3n) is 4.20. The number of aromatic nitrogens is 5. The average Bonchev–Trinajstić information content (AvgIpc) is 2.91. The maximum Gasteiger partial charge on any atom is 0.275 e. The maximum absolute atomic E-state index is 12.4. The molecule has 4 aromatic rings. The van der Waals surface area contributed by atoms with Crippen molar-refractivity contribution in [3.05, 3.63) is 58.8 Å². The number of nitrogens with zero attached hydrogens (tertiary/aromatic N) is 5. The third kappa shape index (κ3) is 2.71. The van der Waals surface area contributed by atoms with Crippen molar-refractivity contribution in [3.63, 3.8) is 0 Å². The molecule has 0 aliphatic carbocycles. The highest BCUT2D eigenvalue weighted by Gasteiger charge is 2.11. The third-order valence-corrected chi connectivity index (χ3v) is 4.20. The van der Waals surface area contributed by atoms with Gasteiger partial charge < -0.3 is 5.32 Å². The summed E-state index contributed by atoms with van der Waals surface area (Å²) < 4.78 is 2.84. The van der Waals surface area contributed by atoms with E-state index in [0.29, 0.717) is 11.1 Å². The lowest BCUT2D eigenvalue weighted by molar-refractivity contribution is -0.117. The number of pyridine rings is 1. The van der Waals surface area contributed by atoms with Crippen LogP contribution in [0.3, 0.4) is 0 Å². The molecule has 0 fully saturated rings. The molecule has 1 amide bonds. The highest BCUT2D eigenvalue weighted by atomic mass is 16.2. The topological polar surface area (TPSA) is 94.7 Å². The van der Waals surface area contributed by atoms with Gasteiger partial charge in [-0.05, 0) is 19.1 Å². The predicted molar refractivity (Wildman–Crippen MR) is 97.9 cm³/mol. The summed E-state index contributed by atoms with van der Waals surface area (Å²) in [6.07, 6.45) is 3.15. The van der Waals surface area contributed by atoms with Gasteiger partial charge in [-0.3, -0.25) is 14.3 Å². The number of nitrogens with one attached hydrogen (secondary N) is 1. The minimum Gasteiger partial charge on any atom is -0.323 e. The number of amides is 1. The summed E-state index contributed by atoms with van der Waals surface area (Å²) in [5.74, 6) is -0.349. The first-order valence-electron chi connectivity index (χ1n) is 8.07. The zero-order valence-electron chi connectivity index (χ0n) is 14.3. The fraction of sp³-hybridized carbons (Fsp3) is 0.167. The van der Waals surface area contributed by atoms with Crippen LogP contribution in [0.5, 0.6) is 0 Å². The van der Waals surface area contributed by atoms with Crippen LogP contribution in [0.1, 0.15) is 5.69 Å². The van der Waals surface area contributed by atoms with Gasteiger partial charge in [0.25, 0.3) is 5.56 Å². The van der Waals surface area contributed by atoms with E-state index in [1.807, 2.05) is 32.2 Å². The second kappa shape index (κ2) is 6.07.